The fourth-order valence-electron chi connectivity index (χ4n) is 5.30. The number of aromatic amines is 1. The van der Waals surface area contributed by atoms with Gasteiger partial charge in [0.1, 0.15) is 11.5 Å². The minimum atomic E-state index is -1.18. The van der Waals surface area contributed by atoms with Crippen LogP contribution in [0.1, 0.15) is 42.2 Å². The normalized spacial score (nSPS) is 17.5. The highest BCUT2D eigenvalue weighted by molar-refractivity contribution is 5.98. The van der Waals surface area contributed by atoms with Crippen molar-refractivity contribution in [2.75, 3.05) is 0 Å². The van der Waals surface area contributed by atoms with Crippen LogP contribution in [0.25, 0.3) is 27.6 Å². The molecule has 3 aromatic heterocycles. The molecule has 1 aliphatic rings. The zero-order valence-corrected chi connectivity index (χ0v) is 20.5. The largest absolute Gasteiger partial charge is 0.351 e. The Bertz CT molecular complexity index is 1840. The summed E-state index contributed by atoms with van der Waals surface area (Å²) in [5.74, 6) is -3.31. The van der Waals surface area contributed by atoms with Crippen molar-refractivity contribution >= 4 is 27.8 Å². The van der Waals surface area contributed by atoms with Gasteiger partial charge < -0.3 is 10.3 Å². The van der Waals surface area contributed by atoms with Crippen LogP contribution in [-0.4, -0.2) is 31.1 Å². The topological polar surface area (TPSA) is 102 Å². The standard InChI is InChI=1S/C28H22F3N5O3/c29-16-12-20-25(32-14-16)35(19-9-10-21(30)22(31)13-19)28(39)36(27(20)38)18-7-5-17(6-8-18)33-26(37)24-11-15-3-1-2-4-23(15)34-24/h1-4,9-14,17-18,34H,5-8H2,(H,33,37). The second kappa shape index (κ2) is 9.57. The van der Waals surface area contributed by atoms with E-state index in [0.717, 1.165) is 44.4 Å². The Morgan fingerprint density at radius 1 is 0.949 bits per heavy atom. The zero-order chi connectivity index (χ0) is 27.3. The van der Waals surface area contributed by atoms with Gasteiger partial charge in [-0.05, 0) is 56.0 Å². The number of carbonyl (C=O) groups is 1. The van der Waals surface area contributed by atoms with Crippen LogP contribution in [-0.2, 0) is 0 Å². The van der Waals surface area contributed by atoms with Crippen LogP contribution >= 0.6 is 0 Å². The summed E-state index contributed by atoms with van der Waals surface area (Å²) in [6.45, 7) is 0. The van der Waals surface area contributed by atoms with Crippen LogP contribution in [0.15, 0.2) is 70.4 Å². The fraction of sp³-hybridized carbons (Fsp3) is 0.214. The maximum atomic E-state index is 14.1. The van der Waals surface area contributed by atoms with E-state index in [0.29, 0.717) is 31.4 Å². The molecule has 0 radical (unpaired) electrons. The smallest absolute Gasteiger partial charge is 0.337 e. The van der Waals surface area contributed by atoms with Crippen LogP contribution in [0.2, 0.25) is 0 Å². The molecule has 198 valence electrons. The number of rotatable bonds is 4. The molecule has 2 aromatic carbocycles. The van der Waals surface area contributed by atoms with E-state index in [1.54, 1.807) is 6.07 Å². The maximum absolute atomic E-state index is 14.1. The number of hydrogen-bond donors (Lipinski definition) is 2. The molecule has 6 rings (SSSR count). The van der Waals surface area contributed by atoms with Crippen molar-refractivity contribution < 1.29 is 18.0 Å². The molecule has 11 heteroatoms. The summed E-state index contributed by atoms with van der Waals surface area (Å²) in [5, 5.41) is 3.77. The number of nitrogens with one attached hydrogen (secondary N) is 2. The van der Waals surface area contributed by atoms with Crippen molar-refractivity contribution in [2.24, 2.45) is 0 Å². The number of pyridine rings is 1. The summed E-state index contributed by atoms with van der Waals surface area (Å²) in [4.78, 5) is 46.8. The van der Waals surface area contributed by atoms with Crippen molar-refractivity contribution in [3.63, 3.8) is 0 Å². The Labute approximate surface area is 218 Å². The second-order valence-electron chi connectivity index (χ2n) is 9.67. The van der Waals surface area contributed by atoms with Crippen LogP contribution < -0.4 is 16.6 Å². The number of aromatic nitrogens is 4. The van der Waals surface area contributed by atoms with Crippen molar-refractivity contribution in [2.45, 2.75) is 37.8 Å². The average molecular weight is 534 g/mol. The number of fused-ring (bicyclic) bond motifs is 2. The molecule has 0 unspecified atom stereocenters. The highest BCUT2D eigenvalue weighted by Gasteiger charge is 2.28. The summed E-state index contributed by atoms with van der Waals surface area (Å²) >= 11 is 0. The quantitative estimate of drug-likeness (QED) is 0.359. The van der Waals surface area contributed by atoms with Gasteiger partial charge in [-0.15, -0.1) is 0 Å². The van der Waals surface area contributed by atoms with Crippen LogP contribution in [0.5, 0.6) is 0 Å². The second-order valence-corrected chi connectivity index (χ2v) is 9.67. The molecule has 0 saturated heterocycles. The molecule has 0 aliphatic heterocycles. The first-order chi connectivity index (χ1) is 18.8. The Morgan fingerprint density at radius 2 is 1.72 bits per heavy atom. The van der Waals surface area contributed by atoms with Crippen molar-refractivity contribution in [1.29, 1.82) is 0 Å². The Balaban J connectivity index is 1.30. The Morgan fingerprint density at radius 3 is 2.46 bits per heavy atom. The van der Waals surface area contributed by atoms with Gasteiger partial charge in [0.15, 0.2) is 17.3 Å². The van der Waals surface area contributed by atoms with E-state index in [-0.39, 0.29) is 28.7 Å². The number of nitrogens with zero attached hydrogens (tertiary/aromatic N) is 3. The molecule has 8 nitrogen and oxygen atoms in total. The van der Waals surface area contributed by atoms with Gasteiger partial charge in [0.2, 0.25) is 0 Å². The van der Waals surface area contributed by atoms with Gasteiger partial charge in [0.25, 0.3) is 11.5 Å². The number of carbonyl (C=O) groups excluding carboxylic acids is 1. The lowest BCUT2D eigenvalue weighted by molar-refractivity contribution is 0.0917. The van der Waals surface area contributed by atoms with Crippen LogP contribution in [0.4, 0.5) is 13.2 Å². The number of benzene rings is 2. The molecule has 5 aromatic rings. The van der Waals surface area contributed by atoms with E-state index in [1.165, 1.54) is 6.07 Å². The third-order valence-electron chi connectivity index (χ3n) is 7.22. The molecule has 1 aliphatic carbocycles. The van der Waals surface area contributed by atoms with Gasteiger partial charge in [-0.3, -0.25) is 14.2 Å². The van der Waals surface area contributed by atoms with E-state index in [2.05, 4.69) is 15.3 Å². The molecule has 1 saturated carbocycles. The van der Waals surface area contributed by atoms with E-state index in [9.17, 15) is 27.6 Å². The summed E-state index contributed by atoms with van der Waals surface area (Å²) in [5.41, 5.74) is -0.420. The predicted molar refractivity (Wildman–Crippen MR) is 139 cm³/mol. The number of amides is 1. The maximum Gasteiger partial charge on any atom is 0.337 e. The molecule has 0 spiro atoms. The molecule has 0 bridgehead atoms. The molecule has 0 atom stereocenters. The SMILES string of the molecule is O=C(NC1CCC(n2c(=O)c3cc(F)cnc3n(-c3ccc(F)c(F)c3)c2=O)CC1)c1cc2ccccc2[nH]1. The van der Waals surface area contributed by atoms with Crippen LogP contribution in [0, 0.1) is 17.5 Å². The van der Waals surface area contributed by atoms with E-state index >= 15 is 0 Å². The van der Waals surface area contributed by atoms with E-state index in [1.807, 2.05) is 24.3 Å². The monoisotopic (exact) mass is 533 g/mol. The Hall–Kier alpha value is -4.67. The van der Waals surface area contributed by atoms with Gasteiger partial charge in [-0.25, -0.2) is 27.5 Å². The third-order valence-corrected chi connectivity index (χ3v) is 7.22. The molecule has 1 amide bonds. The molecule has 1 fully saturated rings. The summed E-state index contributed by atoms with van der Waals surface area (Å²) < 4.78 is 43.7. The highest BCUT2D eigenvalue weighted by Crippen LogP contribution is 2.28. The zero-order valence-electron chi connectivity index (χ0n) is 20.5. The molecule has 3 heterocycles. The molecule has 2 N–H and O–H groups in total. The van der Waals surface area contributed by atoms with Crippen LogP contribution in [0.3, 0.4) is 0 Å². The van der Waals surface area contributed by atoms with Gasteiger partial charge >= 0.3 is 5.69 Å². The molecular formula is C28H22F3N5O3. The third kappa shape index (κ3) is 4.39. The fourth-order valence-corrected chi connectivity index (χ4v) is 5.30. The van der Waals surface area contributed by atoms with Crippen molar-refractivity contribution in [1.82, 2.24) is 24.4 Å². The summed E-state index contributed by atoms with van der Waals surface area (Å²) in [6.07, 6.45) is 2.61. The lowest BCUT2D eigenvalue weighted by Gasteiger charge is -2.30. The predicted octanol–water partition coefficient (Wildman–Crippen LogP) is 4.36. The minimum Gasteiger partial charge on any atom is -0.351 e. The van der Waals surface area contributed by atoms with Crippen molar-refractivity contribution in [3.05, 3.63) is 105 Å². The lowest BCUT2D eigenvalue weighted by Crippen LogP contribution is -2.45. The summed E-state index contributed by atoms with van der Waals surface area (Å²) in [7, 11) is 0. The first-order valence-electron chi connectivity index (χ1n) is 12.5. The first-order valence-corrected chi connectivity index (χ1v) is 12.5. The van der Waals surface area contributed by atoms with Gasteiger partial charge in [-0.1, -0.05) is 18.2 Å². The highest BCUT2D eigenvalue weighted by atomic mass is 19.2. The number of halogens is 3. The minimum absolute atomic E-state index is 0.0453. The first kappa shape index (κ1) is 24.7. The van der Waals surface area contributed by atoms with Gasteiger partial charge in [0.05, 0.1) is 17.3 Å². The number of hydrogen-bond acceptors (Lipinski definition) is 4. The lowest BCUT2D eigenvalue weighted by atomic mass is 9.90. The van der Waals surface area contributed by atoms with E-state index < -0.39 is 34.7 Å². The number of H-pyrrole nitrogens is 1. The van der Waals surface area contributed by atoms with Crippen molar-refractivity contribution in [3.8, 4) is 5.69 Å². The number of para-hydroxylation sites is 1. The van der Waals surface area contributed by atoms with E-state index in [4.69, 9.17) is 0 Å². The van der Waals surface area contributed by atoms with Gasteiger partial charge in [0, 0.05) is 29.1 Å². The summed E-state index contributed by atoms with van der Waals surface area (Å²) in [6, 6.07) is 12.5. The molecule has 39 heavy (non-hydrogen) atoms. The van der Waals surface area contributed by atoms with Gasteiger partial charge in [-0.2, -0.15) is 0 Å². The Kier molecular flexibility index (Phi) is 6.05. The molecular weight excluding hydrogens is 511 g/mol. The average Bonchev–Trinajstić information content (AvgIpc) is 3.37.